The van der Waals surface area contributed by atoms with Gasteiger partial charge in [-0.25, -0.2) is 0 Å². The number of hydrogen-bond acceptors (Lipinski definition) is 2. The lowest BCUT2D eigenvalue weighted by molar-refractivity contribution is 0.0948. The summed E-state index contributed by atoms with van der Waals surface area (Å²) in [6.45, 7) is 8.61. The highest BCUT2D eigenvalue weighted by atomic mass is 127. The molecule has 2 rings (SSSR count). The van der Waals surface area contributed by atoms with Crippen molar-refractivity contribution in [3.8, 4) is 0 Å². The molecule has 0 spiro atoms. The van der Waals surface area contributed by atoms with Crippen molar-refractivity contribution in [1.29, 1.82) is 0 Å². The van der Waals surface area contributed by atoms with E-state index in [2.05, 4.69) is 47.1 Å². The van der Waals surface area contributed by atoms with Crippen LogP contribution in [0, 0.1) is 23.3 Å². The number of nitrogens with one attached hydrogen (secondary N) is 2. The summed E-state index contributed by atoms with van der Waals surface area (Å²) in [5.41, 5.74) is 3.89. The molecule has 0 unspecified atom stereocenters. The second-order valence-corrected chi connectivity index (χ2v) is 7.60. The second-order valence-electron chi connectivity index (χ2n) is 6.52. The summed E-state index contributed by atoms with van der Waals surface area (Å²) >= 11 is 2.19. The first kappa shape index (κ1) is 19.4. The lowest BCUT2D eigenvalue weighted by Crippen LogP contribution is -2.27. The molecule has 0 radical (unpaired) electrons. The van der Waals surface area contributed by atoms with Crippen LogP contribution in [0.5, 0.6) is 0 Å². The van der Waals surface area contributed by atoms with Gasteiger partial charge in [0, 0.05) is 21.4 Å². The predicted molar refractivity (Wildman–Crippen MR) is 110 cm³/mol. The highest BCUT2D eigenvalue weighted by Crippen LogP contribution is 2.21. The van der Waals surface area contributed by atoms with Gasteiger partial charge < -0.3 is 10.6 Å². The van der Waals surface area contributed by atoms with Crippen LogP contribution in [-0.2, 0) is 0 Å². The summed E-state index contributed by atoms with van der Waals surface area (Å²) in [5, 5.41) is 5.83. The molecule has 0 aliphatic carbocycles. The molecule has 2 amide bonds. The number of rotatable bonds is 5. The summed E-state index contributed by atoms with van der Waals surface area (Å²) in [6, 6.07) is 11.0. The van der Waals surface area contributed by atoms with Crippen molar-refractivity contribution in [3.63, 3.8) is 0 Å². The van der Waals surface area contributed by atoms with Gasteiger partial charge in [0.25, 0.3) is 11.8 Å². The van der Waals surface area contributed by atoms with Crippen LogP contribution in [-0.4, -0.2) is 18.4 Å². The molecule has 4 nitrogen and oxygen atoms in total. The number of carbonyl (C=O) groups excluding carboxylic acids is 2. The molecule has 2 N–H and O–H groups in total. The molecule has 0 saturated carbocycles. The average Bonchev–Trinajstić information content (AvgIpc) is 2.56. The van der Waals surface area contributed by atoms with E-state index in [1.165, 1.54) is 0 Å². The Kier molecular flexibility index (Phi) is 6.58. The average molecular weight is 450 g/mol. The molecule has 0 saturated heterocycles. The van der Waals surface area contributed by atoms with E-state index in [9.17, 15) is 9.59 Å². The first-order valence-corrected chi connectivity index (χ1v) is 9.32. The normalized spacial score (nSPS) is 10.6. The fourth-order valence-corrected chi connectivity index (χ4v) is 2.96. The summed E-state index contributed by atoms with van der Waals surface area (Å²) in [5.74, 6) is 0.163. The Labute approximate surface area is 162 Å². The van der Waals surface area contributed by atoms with Gasteiger partial charge in [-0.05, 0) is 77.7 Å². The molecule has 2 aromatic rings. The fraction of sp³-hybridized carbons (Fsp3) is 0.300. The Morgan fingerprint density at radius 3 is 2.40 bits per heavy atom. The highest BCUT2D eigenvalue weighted by Gasteiger charge is 2.14. The molecule has 132 valence electrons. The van der Waals surface area contributed by atoms with Gasteiger partial charge >= 0.3 is 0 Å². The third-order valence-corrected chi connectivity index (χ3v) is 5.28. The maximum absolute atomic E-state index is 12.5. The molecule has 0 bridgehead atoms. The molecular weight excluding hydrogens is 427 g/mol. The smallest absolute Gasteiger partial charge is 0.256 e. The van der Waals surface area contributed by atoms with Gasteiger partial charge in [0.15, 0.2) is 0 Å². The quantitative estimate of drug-likeness (QED) is 0.657. The number of anilines is 1. The largest absolute Gasteiger partial charge is 0.352 e. The van der Waals surface area contributed by atoms with Crippen molar-refractivity contribution < 1.29 is 9.59 Å². The molecule has 0 aromatic heterocycles. The Bertz CT molecular complexity index is 800. The van der Waals surface area contributed by atoms with Gasteiger partial charge in [-0.2, -0.15) is 0 Å². The van der Waals surface area contributed by atoms with E-state index in [4.69, 9.17) is 0 Å². The van der Waals surface area contributed by atoms with Crippen LogP contribution in [0.15, 0.2) is 36.4 Å². The minimum absolute atomic E-state index is 0.0945. The van der Waals surface area contributed by atoms with Crippen LogP contribution in [0.3, 0.4) is 0 Å². The van der Waals surface area contributed by atoms with Crippen molar-refractivity contribution in [3.05, 3.63) is 62.2 Å². The number of amides is 2. The number of halogens is 1. The van der Waals surface area contributed by atoms with Crippen molar-refractivity contribution in [2.75, 3.05) is 11.9 Å². The Morgan fingerprint density at radius 1 is 1.04 bits per heavy atom. The molecule has 0 atom stereocenters. The number of aryl methyl sites for hydroxylation is 2. The maximum Gasteiger partial charge on any atom is 0.256 e. The van der Waals surface area contributed by atoms with E-state index >= 15 is 0 Å². The first-order valence-electron chi connectivity index (χ1n) is 8.25. The van der Waals surface area contributed by atoms with Crippen LogP contribution in [0.2, 0.25) is 0 Å². The van der Waals surface area contributed by atoms with Crippen LogP contribution >= 0.6 is 22.6 Å². The number of carbonyl (C=O) groups is 2. The molecular formula is C20H23IN2O2. The van der Waals surface area contributed by atoms with Crippen molar-refractivity contribution >= 4 is 40.1 Å². The third kappa shape index (κ3) is 5.04. The van der Waals surface area contributed by atoms with Crippen LogP contribution in [0.4, 0.5) is 5.69 Å². The summed E-state index contributed by atoms with van der Waals surface area (Å²) in [7, 11) is 0. The van der Waals surface area contributed by atoms with Gasteiger partial charge in [-0.1, -0.05) is 26.0 Å². The van der Waals surface area contributed by atoms with Gasteiger partial charge in [-0.15, -0.1) is 0 Å². The number of hydrogen-bond donors (Lipinski definition) is 2. The zero-order chi connectivity index (χ0) is 18.6. The van der Waals surface area contributed by atoms with Crippen molar-refractivity contribution in [1.82, 2.24) is 5.32 Å². The van der Waals surface area contributed by atoms with Gasteiger partial charge in [0.2, 0.25) is 0 Å². The zero-order valence-electron chi connectivity index (χ0n) is 14.9. The van der Waals surface area contributed by atoms with Gasteiger partial charge in [-0.3, -0.25) is 9.59 Å². The molecule has 0 aliphatic heterocycles. The van der Waals surface area contributed by atoms with E-state index in [1.807, 2.05) is 32.0 Å². The molecule has 0 heterocycles. The Balaban J connectivity index is 2.14. The monoisotopic (exact) mass is 450 g/mol. The van der Waals surface area contributed by atoms with Gasteiger partial charge in [0.1, 0.15) is 0 Å². The van der Waals surface area contributed by atoms with E-state index in [0.717, 1.165) is 14.7 Å². The molecule has 0 fully saturated rings. The third-order valence-electron chi connectivity index (χ3n) is 3.84. The predicted octanol–water partition coefficient (Wildman–Crippen LogP) is 4.55. The summed E-state index contributed by atoms with van der Waals surface area (Å²) in [6.07, 6.45) is 0. The number of benzene rings is 2. The topological polar surface area (TPSA) is 58.2 Å². The molecule has 5 heteroatoms. The minimum Gasteiger partial charge on any atom is -0.352 e. The van der Waals surface area contributed by atoms with Crippen LogP contribution in [0.25, 0.3) is 0 Å². The van der Waals surface area contributed by atoms with E-state index in [-0.39, 0.29) is 11.8 Å². The van der Waals surface area contributed by atoms with Gasteiger partial charge in [0.05, 0.1) is 5.56 Å². The zero-order valence-corrected chi connectivity index (χ0v) is 17.1. The van der Waals surface area contributed by atoms with Crippen molar-refractivity contribution in [2.45, 2.75) is 27.7 Å². The highest BCUT2D eigenvalue weighted by molar-refractivity contribution is 14.1. The molecule has 2 aromatic carbocycles. The lowest BCUT2D eigenvalue weighted by Gasteiger charge is -2.12. The standard InChI is InChI=1S/C20H23IN2O2/c1-12(2)11-22-19(24)15-8-9-17(14(4)10-15)23-20(25)16-7-5-6-13(3)18(16)21/h5-10,12H,11H2,1-4H3,(H,22,24)(H,23,25). The Hall–Kier alpha value is -1.89. The van der Waals surface area contributed by atoms with E-state index in [0.29, 0.717) is 29.3 Å². The molecule has 25 heavy (non-hydrogen) atoms. The lowest BCUT2D eigenvalue weighted by atomic mass is 10.1. The SMILES string of the molecule is Cc1cc(C(=O)NCC(C)C)ccc1NC(=O)c1cccc(C)c1I. The minimum atomic E-state index is -0.145. The summed E-state index contributed by atoms with van der Waals surface area (Å²) in [4.78, 5) is 24.7. The fourth-order valence-electron chi connectivity index (χ4n) is 2.36. The van der Waals surface area contributed by atoms with Crippen LogP contribution < -0.4 is 10.6 Å². The second kappa shape index (κ2) is 8.47. The van der Waals surface area contributed by atoms with Crippen molar-refractivity contribution in [2.24, 2.45) is 5.92 Å². The van der Waals surface area contributed by atoms with Crippen LogP contribution in [0.1, 0.15) is 45.7 Å². The summed E-state index contributed by atoms with van der Waals surface area (Å²) < 4.78 is 0.944. The molecule has 0 aliphatic rings. The van der Waals surface area contributed by atoms with E-state index in [1.54, 1.807) is 18.2 Å². The Morgan fingerprint density at radius 2 is 1.76 bits per heavy atom. The first-order chi connectivity index (χ1) is 11.8. The van der Waals surface area contributed by atoms with E-state index < -0.39 is 0 Å². The maximum atomic E-state index is 12.5.